The maximum absolute atomic E-state index is 6.18. The van der Waals surface area contributed by atoms with E-state index in [0.717, 1.165) is 5.56 Å². The Morgan fingerprint density at radius 3 is 2.37 bits per heavy atom. The molecule has 2 rings (SSSR count). The van der Waals surface area contributed by atoms with Crippen molar-refractivity contribution in [2.24, 2.45) is 0 Å². The molecule has 0 radical (unpaired) electrons. The van der Waals surface area contributed by atoms with Crippen molar-refractivity contribution >= 4 is 34.8 Å². The highest BCUT2D eigenvalue weighted by Crippen LogP contribution is 2.33. The third kappa shape index (κ3) is 3.57. The largest absolute Gasteiger partial charge is 0.384 e. The molecule has 0 aliphatic heterocycles. The maximum atomic E-state index is 6.18. The Hall–Kier alpha value is -0.870. The molecule has 0 amide bonds. The van der Waals surface area contributed by atoms with Gasteiger partial charge in [-0.15, -0.1) is 0 Å². The average Bonchev–Trinajstić information content (AvgIpc) is 2.35. The SMILES string of the molecule is COCCc1nc(Cl)c(-c2cccc(Cl)c2)c(Cl)n1. The van der Waals surface area contributed by atoms with E-state index in [2.05, 4.69) is 9.97 Å². The van der Waals surface area contributed by atoms with Gasteiger partial charge in [-0.05, 0) is 17.7 Å². The van der Waals surface area contributed by atoms with Gasteiger partial charge in [0.05, 0.1) is 12.2 Å². The Morgan fingerprint density at radius 1 is 1.11 bits per heavy atom. The van der Waals surface area contributed by atoms with E-state index in [1.165, 1.54) is 0 Å². The topological polar surface area (TPSA) is 35.0 Å². The number of methoxy groups -OCH3 is 1. The van der Waals surface area contributed by atoms with Crippen molar-refractivity contribution in [3.63, 3.8) is 0 Å². The predicted molar refractivity (Wildman–Crippen MR) is 78.1 cm³/mol. The summed E-state index contributed by atoms with van der Waals surface area (Å²) >= 11 is 18.3. The predicted octanol–water partition coefficient (Wildman–Crippen LogP) is 4.29. The van der Waals surface area contributed by atoms with Crippen LogP contribution in [0.25, 0.3) is 11.1 Å². The number of benzene rings is 1. The fourth-order valence-corrected chi connectivity index (χ4v) is 2.47. The molecule has 0 N–H and O–H groups in total. The van der Waals surface area contributed by atoms with E-state index in [1.807, 2.05) is 12.1 Å². The molecule has 1 heterocycles. The molecule has 0 aliphatic rings. The second kappa shape index (κ2) is 6.53. The van der Waals surface area contributed by atoms with Gasteiger partial charge in [0.25, 0.3) is 0 Å². The number of ether oxygens (including phenoxy) is 1. The summed E-state index contributed by atoms with van der Waals surface area (Å²) in [6, 6.07) is 7.23. The number of hydrogen-bond acceptors (Lipinski definition) is 3. The minimum atomic E-state index is 0.313. The van der Waals surface area contributed by atoms with E-state index >= 15 is 0 Å². The average molecular weight is 318 g/mol. The second-order valence-corrected chi connectivity index (χ2v) is 5.00. The summed E-state index contributed by atoms with van der Waals surface area (Å²) in [4.78, 5) is 8.45. The zero-order valence-corrected chi connectivity index (χ0v) is 12.4. The lowest BCUT2D eigenvalue weighted by atomic mass is 10.1. The quantitative estimate of drug-likeness (QED) is 0.789. The standard InChI is InChI=1S/C13H11Cl3N2O/c1-19-6-5-10-17-12(15)11(13(16)18-10)8-3-2-4-9(14)7-8/h2-4,7H,5-6H2,1H3. The monoisotopic (exact) mass is 316 g/mol. The van der Waals surface area contributed by atoms with E-state index < -0.39 is 0 Å². The summed E-state index contributed by atoms with van der Waals surface area (Å²) in [6.45, 7) is 0.517. The van der Waals surface area contributed by atoms with Gasteiger partial charge in [0.15, 0.2) is 0 Å². The Labute approximate surface area is 126 Å². The smallest absolute Gasteiger partial charge is 0.142 e. The van der Waals surface area contributed by atoms with Crippen LogP contribution < -0.4 is 0 Å². The van der Waals surface area contributed by atoms with Crippen LogP contribution in [0, 0.1) is 0 Å². The van der Waals surface area contributed by atoms with Crippen LogP contribution in [0.4, 0.5) is 0 Å². The molecule has 6 heteroatoms. The molecular formula is C13H11Cl3N2O. The van der Waals surface area contributed by atoms with E-state index in [1.54, 1.807) is 19.2 Å². The first-order valence-electron chi connectivity index (χ1n) is 5.58. The molecule has 1 aromatic heterocycles. The van der Waals surface area contributed by atoms with Crippen molar-refractivity contribution in [2.45, 2.75) is 6.42 Å². The number of nitrogens with zero attached hydrogens (tertiary/aromatic N) is 2. The molecule has 3 nitrogen and oxygen atoms in total. The van der Waals surface area contributed by atoms with Gasteiger partial charge in [0.1, 0.15) is 16.1 Å². The molecule has 0 bridgehead atoms. The molecule has 0 fully saturated rings. The normalized spacial score (nSPS) is 10.7. The Balaban J connectivity index is 2.42. The summed E-state index contributed by atoms with van der Waals surface area (Å²) < 4.78 is 4.97. The minimum Gasteiger partial charge on any atom is -0.384 e. The van der Waals surface area contributed by atoms with Gasteiger partial charge in [-0.25, -0.2) is 9.97 Å². The van der Waals surface area contributed by atoms with Crippen LogP contribution in [0.5, 0.6) is 0 Å². The van der Waals surface area contributed by atoms with Crippen molar-refractivity contribution in [1.29, 1.82) is 0 Å². The van der Waals surface area contributed by atoms with Crippen LogP contribution in [0.1, 0.15) is 5.82 Å². The summed E-state index contributed by atoms with van der Waals surface area (Å²) in [5.41, 5.74) is 1.38. The summed E-state index contributed by atoms with van der Waals surface area (Å²) in [6.07, 6.45) is 0.561. The van der Waals surface area contributed by atoms with Gasteiger partial charge in [0.2, 0.25) is 0 Å². The highest BCUT2D eigenvalue weighted by molar-refractivity contribution is 6.38. The Bertz CT molecular complexity index is 567. The van der Waals surface area contributed by atoms with Gasteiger partial charge in [-0.1, -0.05) is 46.9 Å². The molecular weight excluding hydrogens is 307 g/mol. The first-order chi connectivity index (χ1) is 9.11. The third-order valence-corrected chi connectivity index (χ3v) is 3.29. The molecule has 0 saturated carbocycles. The fraction of sp³-hybridized carbons (Fsp3) is 0.231. The fourth-order valence-electron chi connectivity index (χ4n) is 1.64. The number of aromatic nitrogens is 2. The van der Waals surface area contributed by atoms with Crippen molar-refractivity contribution < 1.29 is 4.74 Å². The second-order valence-electron chi connectivity index (χ2n) is 3.85. The highest BCUT2D eigenvalue weighted by atomic mass is 35.5. The van der Waals surface area contributed by atoms with Gasteiger partial charge in [-0.2, -0.15) is 0 Å². The van der Waals surface area contributed by atoms with Crippen LogP contribution >= 0.6 is 34.8 Å². The summed E-state index contributed by atoms with van der Waals surface area (Å²) in [7, 11) is 1.61. The molecule has 2 aromatic rings. The minimum absolute atomic E-state index is 0.313. The number of hydrogen-bond donors (Lipinski definition) is 0. The zero-order chi connectivity index (χ0) is 13.8. The number of rotatable bonds is 4. The maximum Gasteiger partial charge on any atom is 0.142 e. The van der Waals surface area contributed by atoms with E-state index in [-0.39, 0.29) is 0 Å². The van der Waals surface area contributed by atoms with Crippen molar-refractivity contribution in [3.05, 3.63) is 45.4 Å². The van der Waals surface area contributed by atoms with E-state index in [4.69, 9.17) is 39.5 Å². The zero-order valence-electron chi connectivity index (χ0n) is 10.2. The summed E-state index contributed by atoms with van der Waals surface area (Å²) in [5, 5.41) is 1.23. The van der Waals surface area contributed by atoms with Gasteiger partial charge in [0, 0.05) is 18.6 Å². The van der Waals surface area contributed by atoms with Crippen molar-refractivity contribution in [2.75, 3.05) is 13.7 Å². The van der Waals surface area contributed by atoms with Crippen LogP contribution in [0.2, 0.25) is 15.3 Å². The number of halogens is 3. The lowest BCUT2D eigenvalue weighted by Crippen LogP contribution is -2.02. The van der Waals surface area contributed by atoms with Crippen LogP contribution in [0.15, 0.2) is 24.3 Å². The molecule has 0 saturated heterocycles. The molecule has 100 valence electrons. The first kappa shape index (κ1) is 14.5. The first-order valence-corrected chi connectivity index (χ1v) is 6.72. The lowest BCUT2D eigenvalue weighted by molar-refractivity contribution is 0.200. The Kier molecular flexibility index (Phi) is 4.99. The van der Waals surface area contributed by atoms with Crippen molar-refractivity contribution in [1.82, 2.24) is 9.97 Å². The molecule has 0 unspecified atom stereocenters. The Morgan fingerprint density at radius 2 is 1.79 bits per heavy atom. The molecule has 0 spiro atoms. The van der Waals surface area contributed by atoms with E-state index in [0.29, 0.717) is 39.7 Å². The highest BCUT2D eigenvalue weighted by Gasteiger charge is 2.13. The van der Waals surface area contributed by atoms with E-state index in [9.17, 15) is 0 Å². The van der Waals surface area contributed by atoms with Gasteiger partial charge in [-0.3, -0.25) is 0 Å². The van der Waals surface area contributed by atoms with Crippen LogP contribution in [-0.4, -0.2) is 23.7 Å². The van der Waals surface area contributed by atoms with Crippen LogP contribution in [-0.2, 0) is 11.2 Å². The molecule has 0 atom stereocenters. The summed E-state index contributed by atoms with van der Waals surface area (Å²) in [5.74, 6) is 0.558. The molecule has 0 aliphatic carbocycles. The lowest BCUT2D eigenvalue weighted by Gasteiger charge is -2.08. The molecule has 19 heavy (non-hydrogen) atoms. The van der Waals surface area contributed by atoms with Crippen molar-refractivity contribution in [3.8, 4) is 11.1 Å². The molecule has 1 aromatic carbocycles. The van der Waals surface area contributed by atoms with Gasteiger partial charge < -0.3 is 4.74 Å². The van der Waals surface area contributed by atoms with Crippen LogP contribution in [0.3, 0.4) is 0 Å². The van der Waals surface area contributed by atoms with Gasteiger partial charge >= 0.3 is 0 Å². The third-order valence-electron chi connectivity index (χ3n) is 2.51.